The lowest BCUT2D eigenvalue weighted by atomic mass is 10.1. The van der Waals surface area contributed by atoms with Crippen LogP contribution in [0.5, 0.6) is 0 Å². The van der Waals surface area contributed by atoms with Gasteiger partial charge in [-0.05, 0) is 36.4 Å². The van der Waals surface area contributed by atoms with Crippen molar-refractivity contribution >= 4 is 28.6 Å². The molecule has 0 aliphatic carbocycles. The van der Waals surface area contributed by atoms with Crippen molar-refractivity contribution in [3.05, 3.63) is 63.7 Å². The molecule has 3 rings (SSSR count). The van der Waals surface area contributed by atoms with Crippen molar-refractivity contribution in [1.29, 1.82) is 0 Å². The zero-order valence-electron chi connectivity index (χ0n) is 10.2. The summed E-state index contributed by atoms with van der Waals surface area (Å²) in [5.74, 6) is -0.807. The van der Waals surface area contributed by atoms with E-state index in [0.717, 1.165) is 0 Å². The summed E-state index contributed by atoms with van der Waals surface area (Å²) >= 11 is 5.77. The van der Waals surface area contributed by atoms with Gasteiger partial charge < -0.3 is 4.42 Å². The third-order valence-electron chi connectivity index (χ3n) is 2.89. The summed E-state index contributed by atoms with van der Waals surface area (Å²) in [5, 5.41) is 0.550. The van der Waals surface area contributed by atoms with E-state index in [1.807, 2.05) is 0 Å². The van der Waals surface area contributed by atoms with E-state index in [0.29, 0.717) is 21.8 Å². The second-order valence-corrected chi connectivity index (χ2v) is 4.65. The van der Waals surface area contributed by atoms with Crippen LogP contribution in [0.25, 0.3) is 11.2 Å². The van der Waals surface area contributed by atoms with E-state index in [9.17, 15) is 9.59 Å². The van der Waals surface area contributed by atoms with E-state index in [4.69, 9.17) is 16.0 Å². The number of nitrogens with zero attached hydrogens (tertiary/aromatic N) is 2. The summed E-state index contributed by atoms with van der Waals surface area (Å²) in [6, 6.07) is 9.78. The van der Waals surface area contributed by atoms with E-state index in [-0.39, 0.29) is 12.3 Å². The Morgan fingerprint density at radius 1 is 1.25 bits per heavy atom. The number of carbonyl (C=O) groups is 1. The van der Waals surface area contributed by atoms with Gasteiger partial charge in [-0.25, -0.2) is 9.78 Å². The average Bonchev–Trinajstić information content (AvgIpc) is 2.76. The minimum Gasteiger partial charge on any atom is -0.406 e. The summed E-state index contributed by atoms with van der Waals surface area (Å²) in [6.45, 7) is -0.121. The second kappa shape index (κ2) is 4.94. The van der Waals surface area contributed by atoms with Gasteiger partial charge in [0.05, 0.1) is 6.54 Å². The quantitative estimate of drug-likeness (QED) is 0.695. The Balaban J connectivity index is 1.97. The van der Waals surface area contributed by atoms with Gasteiger partial charge in [0.15, 0.2) is 17.0 Å². The van der Waals surface area contributed by atoms with Crippen LogP contribution in [0.4, 0.5) is 0 Å². The predicted octanol–water partition coefficient (Wildman–Crippen LogP) is 2.53. The number of oxazole rings is 1. The molecule has 1 aromatic carbocycles. The third kappa shape index (κ3) is 2.23. The Morgan fingerprint density at radius 3 is 2.75 bits per heavy atom. The Hall–Kier alpha value is -2.40. The van der Waals surface area contributed by atoms with E-state index < -0.39 is 5.76 Å². The maximum absolute atomic E-state index is 12.1. The summed E-state index contributed by atoms with van der Waals surface area (Å²) in [6.07, 6.45) is 1.54. The summed E-state index contributed by atoms with van der Waals surface area (Å²) in [5.41, 5.74) is 1.20. The van der Waals surface area contributed by atoms with Crippen LogP contribution in [-0.4, -0.2) is 15.3 Å². The molecule has 0 saturated heterocycles. The molecule has 20 heavy (non-hydrogen) atoms. The third-order valence-corrected chi connectivity index (χ3v) is 3.14. The fourth-order valence-electron chi connectivity index (χ4n) is 1.91. The van der Waals surface area contributed by atoms with Gasteiger partial charge in [-0.15, -0.1) is 0 Å². The summed E-state index contributed by atoms with van der Waals surface area (Å²) < 4.78 is 6.24. The molecule has 6 heteroatoms. The molecule has 0 radical (unpaired) electrons. The fourth-order valence-corrected chi connectivity index (χ4v) is 2.04. The van der Waals surface area contributed by atoms with Crippen LogP contribution < -0.4 is 5.76 Å². The lowest BCUT2D eigenvalue weighted by molar-refractivity contribution is 0.0970. The first kappa shape index (κ1) is 12.6. The predicted molar refractivity (Wildman–Crippen MR) is 74.1 cm³/mol. The largest absolute Gasteiger partial charge is 0.421 e. The van der Waals surface area contributed by atoms with E-state index in [2.05, 4.69) is 4.98 Å². The maximum atomic E-state index is 12.1. The van der Waals surface area contributed by atoms with Gasteiger partial charge in [-0.2, -0.15) is 0 Å². The topological polar surface area (TPSA) is 65.1 Å². The molecule has 0 aliphatic heterocycles. The molecule has 0 N–H and O–H groups in total. The highest BCUT2D eigenvalue weighted by Crippen LogP contribution is 2.12. The Kier molecular flexibility index (Phi) is 3.12. The number of rotatable bonds is 3. The highest BCUT2D eigenvalue weighted by atomic mass is 35.5. The maximum Gasteiger partial charge on any atom is 0.421 e. The SMILES string of the molecule is O=C(Cn1c(=O)oc2cccnc21)c1ccc(Cl)cc1. The van der Waals surface area contributed by atoms with Crippen LogP contribution in [0.15, 0.2) is 51.8 Å². The number of hydrogen-bond acceptors (Lipinski definition) is 4. The van der Waals surface area contributed by atoms with Gasteiger partial charge in [-0.1, -0.05) is 11.6 Å². The average molecular weight is 289 g/mol. The molecule has 0 aliphatic rings. The molecule has 3 aromatic rings. The number of carbonyl (C=O) groups excluding carboxylic acids is 1. The lowest BCUT2D eigenvalue weighted by Gasteiger charge is -2.01. The van der Waals surface area contributed by atoms with Crippen LogP contribution in [0.1, 0.15) is 10.4 Å². The van der Waals surface area contributed by atoms with Crippen molar-refractivity contribution in [3.63, 3.8) is 0 Å². The number of ketones is 1. The minimum atomic E-state index is -0.596. The van der Waals surface area contributed by atoms with Crippen LogP contribution in [0.2, 0.25) is 5.02 Å². The van der Waals surface area contributed by atoms with Gasteiger partial charge in [0.2, 0.25) is 0 Å². The van der Waals surface area contributed by atoms with Gasteiger partial charge in [-0.3, -0.25) is 9.36 Å². The van der Waals surface area contributed by atoms with Crippen LogP contribution in [0.3, 0.4) is 0 Å². The Bertz CT molecular complexity index is 833. The zero-order valence-corrected chi connectivity index (χ0v) is 11.0. The second-order valence-electron chi connectivity index (χ2n) is 4.21. The molecule has 100 valence electrons. The van der Waals surface area contributed by atoms with Gasteiger partial charge in [0, 0.05) is 16.8 Å². The highest BCUT2D eigenvalue weighted by Gasteiger charge is 2.14. The first-order valence-corrected chi connectivity index (χ1v) is 6.26. The van der Waals surface area contributed by atoms with Crippen molar-refractivity contribution in [1.82, 2.24) is 9.55 Å². The van der Waals surface area contributed by atoms with Crippen molar-refractivity contribution in [2.75, 3.05) is 0 Å². The first-order valence-electron chi connectivity index (χ1n) is 5.88. The van der Waals surface area contributed by atoms with Crippen LogP contribution in [0, 0.1) is 0 Å². The lowest BCUT2D eigenvalue weighted by Crippen LogP contribution is -2.20. The molecular formula is C14H9ClN2O3. The minimum absolute atomic E-state index is 0.121. The smallest absolute Gasteiger partial charge is 0.406 e. The van der Waals surface area contributed by atoms with Crippen molar-refractivity contribution in [2.45, 2.75) is 6.54 Å². The molecule has 0 unspecified atom stereocenters. The molecule has 5 nitrogen and oxygen atoms in total. The van der Waals surface area contributed by atoms with Crippen molar-refractivity contribution in [2.24, 2.45) is 0 Å². The molecule has 0 bridgehead atoms. The Labute approximate surface area is 118 Å². The molecule has 2 heterocycles. The molecular weight excluding hydrogens is 280 g/mol. The summed E-state index contributed by atoms with van der Waals surface area (Å²) in [4.78, 5) is 27.9. The normalized spacial score (nSPS) is 10.8. The zero-order chi connectivity index (χ0) is 14.1. The standard InChI is InChI=1S/C14H9ClN2O3/c15-10-5-3-9(4-6-10)11(18)8-17-13-12(20-14(17)19)2-1-7-16-13/h1-7H,8H2. The molecule has 0 saturated carbocycles. The molecule has 0 fully saturated rings. The molecule has 0 amide bonds. The number of Topliss-reactive ketones (excluding diaryl/α,β-unsaturated/α-hetero) is 1. The van der Waals surface area contributed by atoms with E-state index >= 15 is 0 Å². The first-order chi connectivity index (χ1) is 9.65. The number of pyridine rings is 1. The van der Waals surface area contributed by atoms with Crippen LogP contribution >= 0.6 is 11.6 Å². The number of benzene rings is 1. The Morgan fingerprint density at radius 2 is 2.00 bits per heavy atom. The fraction of sp³-hybridized carbons (Fsp3) is 0.0714. The molecule has 2 aromatic heterocycles. The van der Waals surface area contributed by atoms with Crippen molar-refractivity contribution in [3.8, 4) is 0 Å². The molecule has 0 atom stereocenters. The van der Waals surface area contributed by atoms with E-state index in [1.165, 1.54) is 4.57 Å². The molecule has 0 spiro atoms. The van der Waals surface area contributed by atoms with Gasteiger partial charge in [0.1, 0.15) is 0 Å². The van der Waals surface area contributed by atoms with Gasteiger partial charge >= 0.3 is 5.76 Å². The number of aromatic nitrogens is 2. The number of hydrogen-bond donors (Lipinski definition) is 0. The highest BCUT2D eigenvalue weighted by molar-refractivity contribution is 6.30. The van der Waals surface area contributed by atoms with Gasteiger partial charge in [0.25, 0.3) is 0 Å². The van der Waals surface area contributed by atoms with Crippen molar-refractivity contribution < 1.29 is 9.21 Å². The number of halogens is 1. The summed E-state index contributed by atoms with van der Waals surface area (Å²) in [7, 11) is 0. The van der Waals surface area contributed by atoms with E-state index in [1.54, 1.807) is 42.6 Å². The number of fused-ring (bicyclic) bond motifs is 1. The monoisotopic (exact) mass is 288 g/mol. The van der Waals surface area contributed by atoms with Crippen LogP contribution in [-0.2, 0) is 6.54 Å².